The molecule has 1 atom stereocenters. The summed E-state index contributed by atoms with van der Waals surface area (Å²) in [6.45, 7) is 7.50. The molecule has 0 aliphatic carbocycles. The average molecular weight is 305 g/mol. The molecular formula is C16H23N3O3. The van der Waals surface area contributed by atoms with Crippen LogP contribution in [0.5, 0.6) is 0 Å². The van der Waals surface area contributed by atoms with Crippen molar-refractivity contribution in [2.75, 3.05) is 25.0 Å². The second-order valence-electron chi connectivity index (χ2n) is 5.71. The molecule has 1 saturated heterocycles. The highest BCUT2D eigenvalue weighted by molar-refractivity contribution is 5.97. The van der Waals surface area contributed by atoms with Gasteiger partial charge in [0, 0.05) is 30.4 Å². The number of carbonyl (C=O) groups excluding carboxylic acids is 2. The summed E-state index contributed by atoms with van der Waals surface area (Å²) in [5.41, 5.74) is 2.12. The molecular weight excluding hydrogens is 282 g/mol. The zero-order valence-electron chi connectivity index (χ0n) is 13.2. The maximum atomic E-state index is 12.1. The first-order chi connectivity index (χ1) is 10.5. The molecule has 3 N–H and O–H groups in total. The number of hydrogen-bond acceptors (Lipinski definition) is 4. The van der Waals surface area contributed by atoms with Crippen LogP contribution in [0.2, 0.25) is 0 Å². The Morgan fingerprint density at radius 2 is 2.14 bits per heavy atom. The van der Waals surface area contributed by atoms with Crippen LogP contribution in [0.3, 0.4) is 0 Å². The molecule has 1 aromatic rings. The van der Waals surface area contributed by atoms with Crippen LogP contribution in [0.1, 0.15) is 29.8 Å². The van der Waals surface area contributed by atoms with Crippen LogP contribution in [-0.4, -0.2) is 43.7 Å². The van der Waals surface area contributed by atoms with E-state index in [-0.39, 0.29) is 17.9 Å². The summed E-state index contributed by atoms with van der Waals surface area (Å²) in [5, 5.41) is 8.81. The molecule has 1 aliphatic rings. The summed E-state index contributed by atoms with van der Waals surface area (Å²) in [5.74, 6) is -0.287. The third-order valence-corrected chi connectivity index (χ3v) is 3.39. The largest absolute Gasteiger partial charge is 0.366 e. The van der Waals surface area contributed by atoms with Gasteiger partial charge in [-0.3, -0.25) is 9.59 Å². The van der Waals surface area contributed by atoms with Gasteiger partial charge in [-0.05, 0) is 44.5 Å². The summed E-state index contributed by atoms with van der Waals surface area (Å²) in [7, 11) is 0. The van der Waals surface area contributed by atoms with Crippen molar-refractivity contribution in [2.24, 2.45) is 0 Å². The van der Waals surface area contributed by atoms with Gasteiger partial charge in [-0.1, -0.05) is 0 Å². The van der Waals surface area contributed by atoms with E-state index in [4.69, 9.17) is 4.74 Å². The zero-order chi connectivity index (χ0) is 16.1. The number of anilines is 1. The molecule has 120 valence electrons. The maximum Gasteiger partial charge on any atom is 0.254 e. The fourth-order valence-electron chi connectivity index (χ4n) is 2.24. The van der Waals surface area contributed by atoms with Crippen molar-refractivity contribution < 1.29 is 14.3 Å². The predicted molar refractivity (Wildman–Crippen MR) is 85.0 cm³/mol. The molecule has 2 amide bonds. The van der Waals surface area contributed by atoms with Crippen molar-refractivity contribution >= 4 is 17.5 Å². The molecule has 0 bridgehead atoms. The van der Waals surface area contributed by atoms with Gasteiger partial charge >= 0.3 is 0 Å². The number of aryl methyl sites for hydroxylation is 1. The van der Waals surface area contributed by atoms with Gasteiger partial charge in [0.05, 0.1) is 6.61 Å². The van der Waals surface area contributed by atoms with Crippen molar-refractivity contribution in [1.29, 1.82) is 0 Å². The Bertz CT molecular complexity index is 552. The molecule has 1 fully saturated rings. The third kappa shape index (κ3) is 4.29. The van der Waals surface area contributed by atoms with E-state index in [1.54, 1.807) is 18.2 Å². The van der Waals surface area contributed by atoms with Crippen molar-refractivity contribution in [2.45, 2.75) is 32.9 Å². The molecule has 6 nitrogen and oxygen atoms in total. The predicted octanol–water partition coefficient (Wildman–Crippen LogP) is 1.06. The van der Waals surface area contributed by atoms with Crippen LogP contribution in [0.15, 0.2) is 18.2 Å². The van der Waals surface area contributed by atoms with Crippen LogP contribution >= 0.6 is 0 Å². The lowest BCUT2D eigenvalue weighted by Crippen LogP contribution is -2.45. The van der Waals surface area contributed by atoms with Crippen molar-refractivity contribution in [3.8, 4) is 0 Å². The van der Waals surface area contributed by atoms with Crippen LogP contribution in [0.4, 0.5) is 5.69 Å². The van der Waals surface area contributed by atoms with E-state index in [1.165, 1.54) is 0 Å². The lowest BCUT2D eigenvalue weighted by Gasteiger charge is -2.23. The third-order valence-electron chi connectivity index (χ3n) is 3.39. The number of ether oxygens (including phenoxy) is 1. The average Bonchev–Trinajstić information content (AvgIpc) is 2.49. The van der Waals surface area contributed by atoms with E-state index >= 15 is 0 Å². The Hall–Kier alpha value is -1.92. The normalized spacial score (nSPS) is 18.1. The topological polar surface area (TPSA) is 79.5 Å². The van der Waals surface area contributed by atoms with Crippen LogP contribution in [-0.2, 0) is 9.53 Å². The monoisotopic (exact) mass is 305 g/mol. The Balaban J connectivity index is 2.03. The van der Waals surface area contributed by atoms with Crippen LogP contribution in [0, 0.1) is 6.92 Å². The number of rotatable bonds is 4. The molecule has 2 rings (SSSR count). The highest BCUT2D eigenvalue weighted by Crippen LogP contribution is 2.17. The van der Waals surface area contributed by atoms with E-state index < -0.39 is 6.10 Å². The summed E-state index contributed by atoms with van der Waals surface area (Å²) in [6.07, 6.45) is -0.475. The van der Waals surface area contributed by atoms with E-state index in [1.807, 2.05) is 20.8 Å². The highest BCUT2D eigenvalue weighted by atomic mass is 16.5. The van der Waals surface area contributed by atoms with Crippen molar-refractivity contribution in [3.63, 3.8) is 0 Å². The second kappa shape index (κ2) is 7.38. The number of hydrogen-bond donors (Lipinski definition) is 3. The smallest absolute Gasteiger partial charge is 0.254 e. The summed E-state index contributed by atoms with van der Waals surface area (Å²) < 4.78 is 5.42. The number of benzene rings is 1. The maximum absolute atomic E-state index is 12.1. The van der Waals surface area contributed by atoms with Crippen molar-refractivity contribution in [3.05, 3.63) is 29.3 Å². The molecule has 22 heavy (non-hydrogen) atoms. The van der Waals surface area contributed by atoms with Gasteiger partial charge in [-0.25, -0.2) is 0 Å². The first kappa shape index (κ1) is 16.5. The zero-order valence-corrected chi connectivity index (χ0v) is 13.2. The molecule has 0 radical (unpaired) electrons. The summed E-state index contributed by atoms with van der Waals surface area (Å²) in [6, 6.07) is 5.31. The van der Waals surface area contributed by atoms with Crippen LogP contribution < -0.4 is 16.0 Å². The summed E-state index contributed by atoms with van der Waals surface area (Å²) >= 11 is 0. The van der Waals surface area contributed by atoms with Gasteiger partial charge in [0.2, 0.25) is 0 Å². The van der Waals surface area contributed by atoms with Gasteiger partial charge in [-0.15, -0.1) is 0 Å². The number of nitrogens with one attached hydrogen (secondary N) is 3. The molecule has 6 heteroatoms. The molecule has 1 aliphatic heterocycles. The van der Waals surface area contributed by atoms with Crippen LogP contribution in [0.25, 0.3) is 0 Å². The van der Waals surface area contributed by atoms with Gasteiger partial charge < -0.3 is 20.7 Å². The quantitative estimate of drug-likeness (QED) is 0.777. The Morgan fingerprint density at radius 3 is 2.73 bits per heavy atom. The van der Waals surface area contributed by atoms with Crippen molar-refractivity contribution in [1.82, 2.24) is 10.6 Å². The Morgan fingerprint density at radius 1 is 1.36 bits per heavy atom. The summed E-state index contributed by atoms with van der Waals surface area (Å²) in [4.78, 5) is 24.1. The fourth-order valence-corrected chi connectivity index (χ4v) is 2.24. The Kier molecular flexibility index (Phi) is 5.51. The molecule has 1 aromatic carbocycles. The second-order valence-corrected chi connectivity index (χ2v) is 5.71. The van der Waals surface area contributed by atoms with E-state index in [0.717, 1.165) is 12.1 Å². The van der Waals surface area contributed by atoms with Gasteiger partial charge in [-0.2, -0.15) is 0 Å². The standard InChI is InChI=1S/C16H23N3O3/c1-10(2)18-15(20)12-4-5-13(11(3)8-12)19-16(21)14-9-17-6-7-22-14/h4-5,8,10,14,17H,6-7,9H2,1-3H3,(H,18,20)(H,19,21). The number of carbonyl (C=O) groups is 2. The SMILES string of the molecule is Cc1cc(C(=O)NC(C)C)ccc1NC(=O)C1CNCCO1. The number of morpholine rings is 1. The first-order valence-electron chi connectivity index (χ1n) is 7.52. The van der Waals surface area contributed by atoms with Gasteiger partial charge in [0.25, 0.3) is 11.8 Å². The van der Waals surface area contributed by atoms with E-state index in [2.05, 4.69) is 16.0 Å². The van der Waals surface area contributed by atoms with Gasteiger partial charge in [0.1, 0.15) is 6.10 Å². The highest BCUT2D eigenvalue weighted by Gasteiger charge is 2.22. The van der Waals surface area contributed by atoms with E-state index in [9.17, 15) is 9.59 Å². The van der Waals surface area contributed by atoms with Gasteiger partial charge in [0.15, 0.2) is 0 Å². The molecule has 1 unspecified atom stereocenters. The fraction of sp³-hybridized carbons (Fsp3) is 0.500. The first-order valence-corrected chi connectivity index (χ1v) is 7.52. The van der Waals surface area contributed by atoms with E-state index in [0.29, 0.717) is 24.4 Å². The molecule has 0 saturated carbocycles. The molecule has 1 heterocycles. The lowest BCUT2D eigenvalue weighted by atomic mass is 10.1. The molecule has 0 spiro atoms. The minimum atomic E-state index is -0.475. The lowest BCUT2D eigenvalue weighted by molar-refractivity contribution is -0.128. The minimum Gasteiger partial charge on any atom is -0.366 e. The number of amides is 2. The minimum absolute atomic E-state index is 0.0862. The Labute approximate surface area is 130 Å². The molecule has 0 aromatic heterocycles.